The Morgan fingerprint density at radius 3 is 2.49 bits per heavy atom. The molecule has 0 bridgehead atoms. The first-order valence-electron chi connectivity index (χ1n) is 11.4. The standard InChI is InChI=1S/C27H22F3N5O2/c1-16-7-6-9-21-25(16)26(36)35(23-10-5-4-8-20(23)27(28,29)30)24(31-21)15-34-14-22(32-33-34)19-12-11-18(37-3)13-17(19)2/h4-14H,15H2,1-3H3. The van der Waals surface area contributed by atoms with Crippen LogP contribution in [0.25, 0.3) is 27.8 Å². The van der Waals surface area contributed by atoms with Crippen molar-refractivity contribution in [2.45, 2.75) is 26.6 Å². The van der Waals surface area contributed by atoms with E-state index in [9.17, 15) is 18.0 Å². The minimum atomic E-state index is -4.67. The van der Waals surface area contributed by atoms with E-state index < -0.39 is 17.3 Å². The van der Waals surface area contributed by atoms with Crippen LogP contribution in [0.3, 0.4) is 0 Å². The number of halogens is 3. The molecule has 5 rings (SSSR count). The van der Waals surface area contributed by atoms with Crippen LogP contribution in [0.5, 0.6) is 5.75 Å². The summed E-state index contributed by atoms with van der Waals surface area (Å²) in [6.45, 7) is 3.56. The minimum Gasteiger partial charge on any atom is -0.497 e. The molecule has 2 aromatic heterocycles. The van der Waals surface area contributed by atoms with Crippen LogP contribution in [-0.2, 0) is 12.7 Å². The van der Waals surface area contributed by atoms with Crippen molar-refractivity contribution in [3.05, 3.63) is 99.7 Å². The molecule has 10 heteroatoms. The molecule has 0 atom stereocenters. The topological polar surface area (TPSA) is 74.8 Å². The van der Waals surface area contributed by atoms with Crippen LogP contribution >= 0.6 is 0 Å². The number of rotatable bonds is 5. The zero-order chi connectivity index (χ0) is 26.3. The Hall–Kier alpha value is -4.47. The average molecular weight is 506 g/mol. The van der Waals surface area contributed by atoms with Gasteiger partial charge < -0.3 is 4.74 Å². The Morgan fingerprint density at radius 2 is 1.76 bits per heavy atom. The van der Waals surface area contributed by atoms with Crippen molar-refractivity contribution in [3.8, 4) is 22.7 Å². The maximum atomic E-state index is 13.9. The van der Waals surface area contributed by atoms with E-state index in [2.05, 4.69) is 15.3 Å². The van der Waals surface area contributed by atoms with Crippen molar-refractivity contribution in [1.29, 1.82) is 0 Å². The molecule has 0 amide bonds. The number of fused-ring (bicyclic) bond motifs is 1. The lowest BCUT2D eigenvalue weighted by atomic mass is 10.1. The van der Waals surface area contributed by atoms with Gasteiger partial charge in [-0.3, -0.25) is 9.36 Å². The molecular weight excluding hydrogens is 483 g/mol. The van der Waals surface area contributed by atoms with Gasteiger partial charge in [-0.1, -0.05) is 29.5 Å². The Labute approximate surface area is 209 Å². The molecule has 5 aromatic rings. The first-order chi connectivity index (χ1) is 17.7. The third kappa shape index (κ3) is 4.46. The fourth-order valence-electron chi connectivity index (χ4n) is 4.40. The molecule has 0 saturated carbocycles. The zero-order valence-corrected chi connectivity index (χ0v) is 20.2. The van der Waals surface area contributed by atoms with E-state index in [4.69, 9.17) is 4.74 Å². The van der Waals surface area contributed by atoms with Crippen molar-refractivity contribution in [1.82, 2.24) is 24.5 Å². The highest BCUT2D eigenvalue weighted by Gasteiger charge is 2.34. The number of aromatic nitrogens is 5. The highest BCUT2D eigenvalue weighted by Crippen LogP contribution is 2.34. The molecule has 0 aliphatic heterocycles. The number of aryl methyl sites for hydroxylation is 2. The lowest BCUT2D eigenvalue weighted by Gasteiger charge is -2.18. The second-order valence-electron chi connectivity index (χ2n) is 8.63. The maximum absolute atomic E-state index is 13.9. The first kappa shape index (κ1) is 24.2. The lowest BCUT2D eigenvalue weighted by Crippen LogP contribution is -2.28. The van der Waals surface area contributed by atoms with Gasteiger partial charge in [0.2, 0.25) is 0 Å². The molecule has 0 N–H and O–H groups in total. The summed E-state index contributed by atoms with van der Waals surface area (Å²) in [6, 6.07) is 15.7. The van der Waals surface area contributed by atoms with Gasteiger partial charge >= 0.3 is 6.18 Å². The smallest absolute Gasteiger partial charge is 0.418 e. The highest BCUT2D eigenvalue weighted by molar-refractivity contribution is 5.81. The third-order valence-electron chi connectivity index (χ3n) is 6.18. The van der Waals surface area contributed by atoms with E-state index in [1.54, 1.807) is 44.5 Å². The molecule has 0 aliphatic carbocycles. The largest absolute Gasteiger partial charge is 0.497 e. The van der Waals surface area contributed by atoms with Gasteiger partial charge in [0.1, 0.15) is 23.8 Å². The molecule has 37 heavy (non-hydrogen) atoms. The summed E-state index contributed by atoms with van der Waals surface area (Å²) in [5.41, 5.74) is 1.53. The van der Waals surface area contributed by atoms with Crippen molar-refractivity contribution >= 4 is 10.9 Å². The SMILES string of the molecule is COc1ccc(-c2cn(Cc3nc4cccc(C)c4c(=O)n3-c3ccccc3C(F)(F)F)nn2)c(C)c1. The maximum Gasteiger partial charge on any atom is 0.418 e. The Bertz CT molecular complexity index is 1690. The molecule has 0 radical (unpaired) electrons. The van der Waals surface area contributed by atoms with Crippen LogP contribution in [0.15, 0.2) is 71.7 Å². The first-order valence-corrected chi connectivity index (χ1v) is 11.4. The van der Waals surface area contributed by atoms with E-state index in [0.717, 1.165) is 21.8 Å². The van der Waals surface area contributed by atoms with Crippen LogP contribution in [0, 0.1) is 13.8 Å². The van der Waals surface area contributed by atoms with Gasteiger partial charge in [-0.15, -0.1) is 5.10 Å². The molecule has 0 fully saturated rings. The molecule has 0 unspecified atom stereocenters. The number of hydrogen-bond acceptors (Lipinski definition) is 5. The number of benzene rings is 3. The number of nitrogens with zero attached hydrogens (tertiary/aromatic N) is 5. The predicted molar refractivity (Wildman–Crippen MR) is 133 cm³/mol. The van der Waals surface area contributed by atoms with E-state index >= 15 is 0 Å². The van der Waals surface area contributed by atoms with Gasteiger partial charge in [-0.05, 0) is 61.4 Å². The lowest BCUT2D eigenvalue weighted by molar-refractivity contribution is -0.137. The normalized spacial score (nSPS) is 11.7. The van der Waals surface area contributed by atoms with E-state index in [0.29, 0.717) is 22.5 Å². The minimum absolute atomic E-state index is 0.0759. The number of hydrogen-bond donors (Lipinski definition) is 0. The highest BCUT2D eigenvalue weighted by atomic mass is 19.4. The summed E-state index contributed by atoms with van der Waals surface area (Å²) in [6.07, 6.45) is -3.00. The number of methoxy groups -OCH3 is 1. The summed E-state index contributed by atoms with van der Waals surface area (Å²) in [5.74, 6) is 0.805. The molecule has 7 nitrogen and oxygen atoms in total. The monoisotopic (exact) mass is 505 g/mol. The fraction of sp³-hybridized carbons (Fsp3) is 0.185. The van der Waals surface area contributed by atoms with Gasteiger partial charge in [0.25, 0.3) is 5.56 Å². The van der Waals surface area contributed by atoms with Crippen LogP contribution in [0.4, 0.5) is 13.2 Å². The van der Waals surface area contributed by atoms with Crippen molar-refractivity contribution in [2.24, 2.45) is 0 Å². The summed E-state index contributed by atoms with van der Waals surface area (Å²) in [7, 11) is 1.58. The Kier molecular flexibility index (Phi) is 6.02. The Morgan fingerprint density at radius 1 is 0.973 bits per heavy atom. The zero-order valence-electron chi connectivity index (χ0n) is 20.2. The molecule has 0 saturated heterocycles. The molecule has 3 aromatic carbocycles. The number of para-hydroxylation sites is 1. The molecule has 0 aliphatic rings. The van der Waals surface area contributed by atoms with E-state index in [1.165, 1.54) is 22.9 Å². The fourth-order valence-corrected chi connectivity index (χ4v) is 4.40. The van der Waals surface area contributed by atoms with Crippen molar-refractivity contribution in [3.63, 3.8) is 0 Å². The third-order valence-corrected chi connectivity index (χ3v) is 6.18. The van der Waals surface area contributed by atoms with Gasteiger partial charge in [-0.25, -0.2) is 9.67 Å². The van der Waals surface area contributed by atoms with Crippen molar-refractivity contribution < 1.29 is 17.9 Å². The average Bonchev–Trinajstić information content (AvgIpc) is 3.31. The Balaban J connectivity index is 1.67. The van der Waals surface area contributed by atoms with Crippen LogP contribution < -0.4 is 10.3 Å². The molecule has 188 valence electrons. The second-order valence-corrected chi connectivity index (χ2v) is 8.63. The quantitative estimate of drug-likeness (QED) is 0.323. The summed E-state index contributed by atoms with van der Waals surface area (Å²) >= 11 is 0. The summed E-state index contributed by atoms with van der Waals surface area (Å²) in [5, 5.41) is 8.66. The molecular formula is C27H22F3N5O2. The van der Waals surface area contributed by atoms with Gasteiger partial charge in [0.15, 0.2) is 0 Å². The van der Waals surface area contributed by atoms with Crippen LogP contribution in [-0.4, -0.2) is 31.7 Å². The number of alkyl halides is 3. The van der Waals surface area contributed by atoms with Crippen molar-refractivity contribution in [2.75, 3.05) is 7.11 Å². The summed E-state index contributed by atoms with van der Waals surface area (Å²) < 4.78 is 49.5. The van der Waals surface area contributed by atoms with Gasteiger partial charge in [0, 0.05) is 5.56 Å². The van der Waals surface area contributed by atoms with E-state index in [1.807, 2.05) is 19.1 Å². The molecule has 0 spiro atoms. The van der Waals surface area contributed by atoms with Crippen LogP contribution in [0.1, 0.15) is 22.5 Å². The van der Waals surface area contributed by atoms with Crippen LogP contribution in [0.2, 0.25) is 0 Å². The number of ether oxygens (including phenoxy) is 1. The van der Waals surface area contributed by atoms with E-state index in [-0.39, 0.29) is 23.4 Å². The molecule has 2 heterocycles. The van der Waals surface area contributed by atoms with Gasteiger partial charge in [0.05, 0.1) is 35.5 Å². The predicted octanol–water partition coefficient (Wildman–Crippen LogP) is 5.34. The second kappa shape index (κ2) is 9.20. The summed E-state index contributed by atoms with van der Waals surface area (Å²) in [4.78, 5) is 18.3. The van der Waals surface area contributed by atoms with Gasteiger partial charge in [-0.2, -0.15) is 13.2 Å².